The minimum absolute atomic E-state index is 0.00338. The van der Waals surface area contributed by atoms with E-state index in [0.29, 0.717) is 32.2 Å². The van der Waals surface area contributed by atoms with Gasteiger partial charge in [-0.3, -0.25) is 14.4 Å². The average molecular weight is 603 g/mol. The lowest BCUT2D eigenvalue weighted by Crippen LogP contribution is -2.50. The zero-order chi connectivity index (χ0) is 31.7. The van der Waals surface area contributed by atoms with Gasteiger partial charge in [0.25, 0.3) is 5.91 Å². The number of carbonyl (C=O) groups is 3. The van der Waals surface area contributed by atoms with Crippen molar-refractivity contribution in [3.05, 3.63) is 23.5 Å². The molecule has 2 bridgehead atoms. The van der Waals surface area contributed by atoms with E-state index in [1.165, 1.54) is 19.2 Å². The van der Waals surface area contributed by atoms with Crippen molar-refractivity contribution in [2.24, 2.45) is 28.6 Å². The van der Waals surface area contributed by atoms with Crippen LogP contribution in [0.3, 0.4) is 0 Å². The molecule has 0 radical (unpaired) electrons. The number of nitrogens with one attached hydrogen (secondary N) is 2. The second-order valence-corrected chi connectivity index (χ2v) is 15.0. The van der Waals surface area contributed by atoms with Crippen LogP contribution in [0.4, 0.5) is 4.39 Å². The second kappa shape index (κ2) is 12.6. The molecule has 43 heavy (non-hydrogen) atoms. The maximum absolute atomic E-state index is 15.1. The van der Waals surface area contributed by atoms with Crippen molar-refractivity contribution < 1.29 is 33.0 Å². The minimum atomic E-state index is -0.621. The van der Waals surface area contributed by atoms with E-state index in [2.05, 4.69) is 31.4 Å². The van der Waals surface area contributed by atoms with Gasteiger partial charge in [0.05, 0.1) is 30.1 Å². The summed E-state index contributed by atoms with van der Waals surface area (Å²) in [4.78, 5) is 39.8. The normalized spacial score (nSPS) is 28.7. The summed E-state index contributed by atoms with van der Waals surface area (Å²) in [5, 5.41) is 6.26. The first kappa shape index (κ1) is 33.1. The third-order valence-corrected chi connectivity index (χ3v) is 9.94. The lowest BCUT2D eigenvalue weighted by Gasteiger charge is -2.37. The van der Waals surface area contributed by atoms with Crippen molar-refractivity contribution in [2.45, 2.75) is 118 Å². The largest absolute Gasteiger partial charge is 0.496 e. The van der Waals surface area contributed by atoms with Crippen LogP contribution in [0.25, 0.3) is 0 Å². The molecule has 3 saturated carbocycles. The highest BCUT2D eigenvalue weighted by molar-refractivity contribution is 5.98. The van der Waals surface area contributed by atoms with Gasteiger partial charge in [-0.2, -0.15) is 0 Å². The molecule has 9 heteroatoms. The number of esters is 1. The number of hydrogen-bond acceptors (Lipinski definition) is 6. The summed E-state index contributed by atoms with van der Waals surface area (Å²) in [5.41, 5.74) is -1.02. The van der Waals surface area contributed by atoms with Gasteiger partial charge in [0.2, 0.25) is 5.91 Å². The fraction of sp³-hybridized carbons (Fsp3) is 0.735. The van der Waals surface area contributed by atoms with Gasteiger partial charge in [0.15, 0.2) is 11.6 Å². The molecule has 0 spiro atoms. The number of carbonyl (C=O) groups excluding carboxylic acids is 3. The standard InChI is InChI=1S/C34H51FN2O6/c1-9-33(5,6)19-36-30(39)27-20-10-11-21(16-20)28(27)37-29(38)23-17-26(24(35)18-25(23)41-8)42-22-12-14-34(7,15-13-22)31(40)43-32(2,3)4/h17-18,20-22,27-28H,9-16,19H2,1-8H3,(H,36,39)(H,37,38)/t20-,21+,22-,27+,28-,34+/m1/s1. The van der Waals surface area contributed by atoms with Gasteiger partial charge in [-0.05, 0) is 102 Å². The first-order valence-corrected chi connectivity index (χ1v) is 15.9. The molecule has 0 unspecified atom stereocenters. The third-order valence-electron chi connectivity index (χ3n) is 9.94. The highest BCUT2D eigenvalue weighted by Crippen LogP contribution is 2.49. The maximum Gasteiger partial charge on any atom is 0.312 e. The van der Waals surface area contributed by atoms with Crippen molar-refractivity contribution in [1.82, 2.24) is 10.6 Å². The van der Waals surface area contributed by atoms with E-state index < -0.39 is 22.7 Å². The van der Waals surface area contributed by atoms with E-state index >= 15 is 4.39 Å². The summed E-state index contributed by atoms with van der Waals surface area (Å²) in [6.07, 6.45) is 5.74. The number of halogens is 1. The molecule has 3 fully saturated rings. The second-order valence-electron chi connectivity index (χ2n) is 15.0. The molecule has 4 atom stereocenters. The molecule has 3 aliphatic carbocycles. The molecule has 2 amide bonds. The van der Waals surface area contributed by atoms with Crippen LogP contribution in [0.2, 0.25) is 0 Å². The molecule has 8 nitrogen and oxygen atoms in total. The van der Waals surface area contributed by atoms with E-state index in [9.17, 15) is 14.4 Å². The molecule has 0 aliphatic heterocycles. The summed E-state index contributed by atoms with van der Waals surface area (Å²) in [5.74, 6) is -1.01. The number of benzene rings is 1. The predicted molar refractivity (Wildman–Crippen MR) is 162 cm³/mol. The Balaban J connectivity index is 1.45. The van der Waals surface area contributed by atoms with E-state index in [1.54, 1.807) is 0 Å². The van der Waals surface area contributed by atoms with Crippen molar-refractivity contribution in [3.8, 4) is 11.5 Å². The fourth-order valence-electron chi connectivity index (χ4n) is 6.78. The summed E-state index contributed by atoms with van der Waals surface area (Å²) < 4.78 is 32.2. The zero-order valence-corrected chi connectivity index (χ0v) is 27.2. The number of methoxy groups -OCH3 is 1. The van der Waals surface area contributed by atoms with Crippen LogP contribution >= 0.6 is 0 Å². The molecular weight excluding hydrogens is 551 g/mol. The Labute approximate surface area is 256 Å². The number of rotatable bonds is 10. The van der Waals surface area contributed by atoms with Crippen LogP contribution in [-0.4, -0.2) is 49.2 Å². The fourth-order valence-corrected chi connectivity index (χ4v) is 6.78. The number of fused-ring (bicyclic) bond motifs is 2. The van der Waals surface area contributed by atoms with Crippen LogP contribution < -0.4 is 20.1 Å². The van der Waals surface area contributed by atoms with Crippen LogP contribution in [0.15, 0.2) is 12.1 Å². The maximum atomic E-state index is 15.1. The van der Waals surface area contributed by atoms with E-state index in [1.807, 2.05) is 27.7 Å². The smallest absolute Gasteiger partial charge is 0.312 e. The monoisotopic (exact) mass is 602 g/mol. The Morgan fingerprint density at radius 3 is 2.26 bits per heavy atom. The summed E-state index contributed by atoms with van der Waals surface area (Å²) in [6.45, 7) is 14.4. The molecule has 0 heterocycles. The average Bonchev–Trinajstić information content (AvgIpc) is 3.55. The first-order chi connectivity index (χ1) is 20.1. The lowest BCUT2D eigenvalue weighted by atomic mass is 9.74. The van der Waals surface area contributed by atoms with E-state index in [4.69, 9.17) is 14.2 Å². The zero-order valence-electron chi connectivity index (χ0n) is 27.2. The Morgan fingerprint density at radius 1 is 1.00 bits per heavy atom. The van der Waals surface area contributed by atoms with Gasteiger partial charge in [0.1, 0.15) is 11.4 Å². The Hall–Kier alpha value is -2.84. The van der Waals surface area contributed by atoms with Gasteiger partial charge < -0.3 is 24.8 Å². The molecule has 1 aromatic carbocycles. The van der Waals surface area contributed by atoms with Gasteiger partial charge >= 0.3 is 5.97 Å². The Kier molecular flexibility index (Phi) is 9.72. The number of ether oxygens (including phenoxy) is 3. The Morgan fingerprint density at radius 2 is 1.65 bits per heavy atom. The summed E-state index contributed by atoms with van der Waals surface area (Å²) in [6, 6.07) is 2.28. The topological polar surface area (TPSA) is 103 Å². The van der Waals surface area contributed by atoms with Gasteiger partial charge in [-0.15, -0.1) is 0 Å². The van der Waals surface area contributed by atoms with Crippen molar-refractivity contribution in [3.63, 3.8) is 0 Å². The minimum Gasteiger partial charge on any atom is -0.496 e. The molecule has 1 aromatic rings. The lowest BCUT2D eigenvalue weighted by molar-refractivity contribution is -0.169. The first-order valence-electron chi connectivity index (χ1n) is 15.9. The van der Waals surface area contributed by atoms with Gasteiger partial charge in [-0.25, -0.2) is 4.39 Å². The molecule has 4 rings (SSSR count). The van der Waals surface area contributed by atoms with Crippen LogP contribution in [0.1, 0.15) is 110 Å². The quantitative estimate of drug-likeness (QED) is 0.309. The predicted octanol–water partition coefficient (Wildman–Crippen LogP) is 6.20. The van der Waals surface area contributed by atoms with Gasteiger partial charge in [-0.1, -0.05) is 20.8 Å². The van der Waals surface area contributed by atoms with Crippen LogP contribution in [-0.2, 0) is 14.3 Å². The van der Waals surface area contributed by atoms with Gasteiger partial charge in [0, 0.05) is 18.7 Å². The molecule has 0 saturated heterocycles. The van der Waals surface area contributed by atoms with Crippen molar-refractivity contribution in [2.75, 3.05) is 13.7 Å². The SMILES string of the molecule is CCC(C)(C)CNC(=O)[C@H]1[C@@H]2CC[C@@H](C2)[C@H]1NC(=O)c1cc(O[C@H]2CC[C@@](C)(C(=O)OC(C)(C)C)CC2)c(F)cc1OC. The molecule has 0 aromatic heterocycles. The molecular formula is C34H51FN2O6. The third kappa shape index (κ3) is 7.63. The van der Waals surface area contributed by atoms with E-state index in [0.717, 1.165) is 25.7 Å². The molecule has 3 aliphatic rings. The molecule has 2 N–H and O–H groups in total. The van der Waals surface area contributed by atoms with Crippen molar-refractivity contribution in [1.29, 1.82) is 0 Å². The number of amides is 2. The molecule has 240 valence electrons. The van der Waals surface area contributed by atoms with Crippen LogP contribution in [0, 0.1) is 34.4 Å². The highest BCUT2D eigenvalue weighted by Gasteiger charge is 2.51. The highest BCUT2D eigenvalue weighted by atomic mass is 19.1. The Bertz CT molecular complexity index is 1200. The summed E-state index contributed by atoms with van der Waals surface area (Å²) >= 11 is 0. The number of hydrogen-bond donors (Lipinski definition) is 2. The van der Waals surface area contributed by atoms with Crippen molar-refractivity contribution >= 4 is 17.8 Å². The van der Waals surface area contributed by atoms with E-state index in [-0.39, 0.29) is 64.3 Å². The van der Waals surface area contributed by atoms with Crippen LogP contribution in [0.5, 0.6) is 11.5 Å². The summed E-state index contributed by atoms with van der Waals surface area (Å²) in [7, 11) is 1.40.